The molecule has 1 fully saturated rings. The lowest BCUT2D eigenvalue weighted by Gasteiger charge is -2.20. The highest BCUT2D eigenvalue weighted by molar-refractivity contribution is 5.97. The third kappa shape index (κ3) is 5.76. The van der Waals surface area contributed by atoms with E-state index in [0.29, 0.717) is 18.5 Å². The Morgan fingerprint density at radius 1 is 0.781 bits per heavy atom. The standard InChI is InChI=1S/C27H29N3O2/c31-26(23-11-5-2-6-12-23)29-25(19-21-9-3-1-4-10-21)27(32)28-20-22-13-15-24(16-14-22)30-17-7-8-18-30/h1-6,9-16,25H,7-8,17-20H2,(H,28,32)(H,29,31). The average molecular weight is 428 g/mol. The first kappa shape index (κ1) is 21.6. The number of benzene rings is 3. The number of rotatable bonds is 8. The van der Waals surface area contributed by atoms with Crippen molar-refractivity contribution in [3.8, 4) is 0 Å². The van der Waals surface area contributed by atoms with Gasteiger partial charge in [-0.05, 0) is 48.2 Å². The SMILES string of the molecule is O=C(NC(Cc1ccccc1)C(=O)NCc1ccc(N2CCCC2)cc1)c1ccccc1. The van der Waals surface area contributed by atoms with Crippen molar-refractivity contribution in [2.45, 2.75) is 31.8 Å². The number of carbonyl (C=O) groups excluding carboxylic acids is 2. The Balaban J connectivity index is 1.40. The zero-order valence-corrected chi connectivity index (χ0v) is 18.2. The highest BCUT2D eigenvalue weighted by Gasteiger charge is 2.22. The summed E-state index contributed by atoms with van der Waals surface area (Å²) in [4.78, 5) is 28.1. The lowest BCUT2D eigenvalue weighted by molar-refractivity contribution is -0.123. The molecule has 0 radical (unpaired) electrons. The summed E-state index contributed by atoms with van der Waals surface area (Å²) in [7, 11) is 0. The molecule has 5 heteroatoms. The number of anilines is 1. The van der Waals surface area contributed by atoms with Gasteiger partial charge in [-0.1, -0.05) is 60.7 Å². The first-order chi connectivity index (χ1) is 15.7. The fourth-order valence-corrected chi connectivity index (χ4v) is 4.00. The summed E-state index contributed by atoms with van der Waals surface area (Å²) in [5, 5.41) is 5.90. The Morgan fingerprint density at radius 3 is 2.06 bits per heavy atom. The maximum atomic E-state index is 13.0. The molecule has 1 saturated heterocycles. The lowest BCUT2D eigenvalue weighted by Crippen LogP contribution is -2.47. The van der Waals surface area contributed by atoms with Gasteiger partial charge in [0.25, 0.3) is 5.91 Å². The molecule has 0 saturated carbocycles. The maximum Gasteiger partial charge on any atom is 0.251 e. The molecule has 2 amide bonds. The topological polar surface area (TPSA) is 61.4 Å². The molecule has 1 aliphatic rings. The highest BCUT2D eigenvalue weighted by Crippen LogP contribution is 2.20. The summed E-state index contributed by atoms with van der Waals surface area (Å²) >= 11 is 0. The maximum absolute atomic E-state index is 13.0. The van der Waals surface area contributed by atoms with E-state index in [0.717, 1.165) is 24.2 Å². The van der Waals surface area contributed by atoms with Crippen LogP contribution < -0.4 is 15.5 Å². The van der Waals surface area contributed by atoms with Crippen LogP contribution in [-0.2, 0) is 17.8 Å². The first-order valence-corrected chi connectivity index (χ1v) is 11.2. The van der Waals surface area contributed by atoms with Gasteiger partial charge in [0.15, 0.2) is 0 Å². The van der Waals surface area contributed by atoms with Crippen molar-refractivity contribution in [1.82, 2.24) is 10.6 Å². The molecule has 32 heavy (non-hydrogen) atoms. The average Bonchev–Trinajstić information content (AvgIpc) is 3.39. The van der Waals surface area contributed by atoms with E-state index >= 15 is 0 Å². The van der Waals surface area contributed by atoms with Crippen molar-refractivity contribution >= 4 is 17.5 Å². The second-order valence-electron chi connectivity index (χ2n) is 8.16. The molecular weight excluding hydrogens is 398 g/mol. The fraction of sp³-hybridized carbons (Fsp3) is 0.259. The van der Waals surface area contributed by atoms with E-state index < -0.39 is 6.04 Å². The third-order valence-electron chi connectivity index (χ3n) is 5.81. The molecule has 1 aliphatic heterocycles. The molecule has 3 aromatic rings. The zero-order chi connectivity index (χ0) is 22.2. The minimum absolute atomic E-state index is 0.193. The van der Waals surface area contributed by atoms with Gasteiger partial charge in [0.2, 0.25) is 5.91 Å². The van der Waals surface area contributed by atoms with Gasteiger partial charge in [-0.2, -0.15) is 0 Å². The molecule has 1 heterocycles. The predicted octanol–water partition coefficient (Wildman–Crippen LogP) is 3.94. The van der Waals surface area contributed by atoms with Crippen molar-refractivity contribution in [2.24, 2.45) is 0 Å². The first-order valence-electron chi connectivity index (χ1n) is 11.2. The van der Waals surface area contributed by atoms with Gasteiger partial charge in [0, 0.05) is 37.3 Å². The second kappa shape index (κ2) is 10.6. The van der Waals surface area contributed by atoms with E-state index in [-0.39, 0.29) is 11.8 Å². The summed E-state index contributed by atoms with van der Waals surface area (Å²) in [6, 6.07) is 26.4. The van der Waals surface area contributed by atoms with Gasteiger partial charge in [-0.3, -0.25) is 9.59 Å². The molecule has 1 atom stereocenters. The second-order valence-corrected chi connectivity index (χ2v) is 8.16. The fourth-order valence-electron chi connectivity index (χ4n) is 4.00. The van der Waals surface area contributed by atoms with Crippen molar-refractivity contribution in [3.05, 3.63) is 102 Å². The van der Waals surface area contributed by atoms with Gasteiger partial charge in [0.1, 0.15) is 6.04 Å². The van der Waals surface area contributed by atoms with Gasteiger partial charge in [-0.15, -0.1) is 0 Å². The van der Waals surface area contributed by atoms with Crippen molar-refractivity contribution in [2.75, 3.05) is 18.0 Å². The molecule has 3 aromatic carbocycles. The zero-order valence-electron chi connectivity index (χ0n) is 18.2. The van der Waals surface area contributed by atoms with E-state index in [4.69, 9.17) is 0 Å². The lowest BCUT2D eigenvalue weighted by atomic mass is 10.0. The summed E-state index contributed by atoms with van der Waals surface area (Å²) in [6.07, 6.45) is 2.92. The highest BCUT2D eigenvalue weighted by atomic mass is 16.2. The Morgan fingerprint density at radius 2 is 1.41 bits per heavy atom. The summed E-state index contributed by atoms with van der Waals surface area (Å²) in [6.45, 7) is 2.64. The number of hydrogen-bond donors (Lipinski definition) is 2. The molecule has 0 aromatic heterocycles. The van der Waals surface area contributed by atoms with Crippen LogP contribution in [0.3, 0.4) is 0 Å². The Bertz CT molecular complexity index is 1010. The minimum Gasteiger partial charge on any atom is -0.372 e. The molecule has 2 N–H and O–H groups in total. The van der Waals surface area contributed by atoms with Crippen LogP contribution in [0.4, 0.5) is 5.69 Å². The Kier molecular flexibility index (Phi) is 7.18. The molecule has 4 rings (SSSR count). The van der Waals surface area contributed by atoms with Crippen LogP contribution in [0.5, 0.6) is 0 Å². The van der Waals surface area contributed by atoms with E-state index in [1.54, 1.807) is 12.1 Å². The van der Waals surface area contributed by atoms with Gasteiger partial charge >= 0.3 is 0 Å². The van der Waals surface area contributed by atoms with Crippen LogP contribution in [0.1, 0.15) is 34.3 Å². The van der Waals surface area contributed by atoms with Crippen molar-refractivity contribution < 1.29 is 9.59 Å². The molecule has 5 nitrogen and oxygen atoms in total. The van der Waals surface area contributed by atoms with Gasteiger partial charge in [-0.25, -0.2) is 0 Å². The monoisotopic (exact) mass is 427 g/mol. The molecule has 0 spiro atoms. The van der Waals surface area contributed by atoms with Gasteiger partial charge < -0.3 is 15.5 Å². The number of hydrogen-bond acceptors (Lipinski definition) is 3. The van der Waals surface area contributed by atoms with Gasteiger partial charge in [0.05, 0.1) is 0 Å². The van der Waals surface area contributed by atoms with Crippen molar-refractivity contribution in [1.29, 1.82) is 0 Å². The van der Waals surface area contributed by atoms with E-state index in [1.807, 2.05) is 48.5 Å². The Labute approximate surface area is 189 Å². The number of nitrogens with one attached hydrogen (secondary N) is 2. The summed E-state index contributed by atoms with van der Waals surface area (Å²) in [5.41, 5.74) is 3.80. The number of nitrogens with zero attached hydrogens (tertiary/aromatic N) is 1. The van der Waals surface area contributed by atoms with Crippen LogP contribution >= 0.6 is 0 Å². The predicted molar refractivity (Wildman–Crippen MR) is 128 cm³/mol. The Hall–Kier alpha value is -3.60. The summed E-state index contributed by atoms with van der Waals surface area (Å²) < 4.78 is 0. The molecule has 1 unspecified atom stereocenters. The van der Waals surface area contributed by atoms with Crippen LogP contribution in [-0.4, -0.2) is 30.9 Å². The van der Waals surface area contributed by atoms with E-state index in [2.05, 4.69) is 39.8 Å². The molecular formula is C27H29N3O2. The van der Waals surface area contributed by atoms with Crippen LogP contribution in [0.2, 0.25) is 0 Å². The van der Waals surface area contributed by atoms with E-state index in [1.165, 1.54) is 18.5 Å². The van der Waals surface area contributed by atoms with E-state index in [9.17, 15) is 9.59 Å². The normalized spacial score (nSPS) is 14.1. The quantitative estimate of drug-likeness (QED) is 0.572. The molecule has 0 bridgehead atoms. The minimum atomic E-state index is -0.658. The van der Waals surface area contributed by atoms with Crippen molar-refractivity contribution in [3.63, 3.8) is 0 Å². The molecule has 0 aliphatic carbocycles. The summed E-state index contributed by atoms with van der Waals surface area (Å²) in [5.74, 6) is -0.446. The molecule has 164 valence electrons. The van der Waals surface area contributed by atoms with Crippen LogP contribution in [0.15, 0.2) is 84.9 Å². The third-order valence-corrected chi connectivity index (χ3v) is 5.81. The van der Waals surface area contributed by atoms with Crippen LogP contribution in [0, 0.1) is 0 Å². The largest absolute Gasteiger partial charge is 0.372 e. The smallest absolute Gasteiger partial charge is 0.251 e. The number of carbonyl (C=O) groups is 2. The number of amides is 2. The van der Waals surface area contributed by atoms with Crippen LogP contribution in [0.25, 0.3) is 0 Å².